The van der Waals surface area contributed by atoms with Crippen LogP contribution >= 0.6 is 11.6 Å². The Kier molecular flexibility index (Phi) is 3.63. The van der Waals surface area contributed by atoms with Crippen LogP contribution in [0, 0.1) is 0 Å². The van der Waals surface area contributed by atoms with Gasteiger partial charge < -0.3 is 5.32 Å². The lowest BCUT2D eigenvalue weighted by Crippen LogP contribution is -2.03. The molecule has 2 aromatic carbocycles. The molecule has 2 heterocycles. The first-order chi connectivity index (χ1) is 11.7. The fourth-order valence-electron chi connectivity index (χ4n) is 2.80. The minimum Gasteiger partial charge on any atom is -0.321 e. The number of hydrogen-bond acceptors (Lipinski definition) is 2. The van der Waals surface area contributed by atoms with Gasteiger partial charge in [-0.15, -0.1) is 0 Å². The standard InChI is InChI=1S/C20H13ClN2O/c21-18-6-2-1-4-14(18)10-17-16-8-7-13(11-19(16)23-20(17)24)15-5-3-9-22-12-15/h1-12H,(H,23,24)/b17-10+. The summed E-state index contributed by atoms with van der Waals surface area (Å²) in [5.74, 6) is -0.117. The highest BCUT2D eigenvalue weighted by Crippen LogP contribution is 2.36. The first-order valence-corrected chi connectivity index (χ1v) is 7.92. The molecule has 0 aliphatic carbocycles. The average molecular weight is 333 g/mol. The highest BCUT2D eigenvalue weighted by Gasteiger charge is 2.24. The summed E-state index contributed by atoms with van der Waals surface area (Å²) in [6.45, 7) is 0. The number of hydrogen-bond donors (Lipinski definition) is 1. The van der Waals surface area contributed by atoms with Gasteiger partial charge in [0.2, 0.25) is 0 Å². The molecule has 1 amide bonds. The van der Waals surface area contributed by atoms with Crippen LogP contribution < -0.4 is 5.32 Å². The van der Waals surface area contributed by atoms with E-state index in [1.165, 1.54) is 0 Å². The largest absolute Gasteiger partial charge is 0.321 e. The summed E-state index contributed by atoms with van der Waals surface area (Å²) in [6, 6.07) is 17.3. The number of halogens is 1. The second-order valence-electron chi connectivity index (χ2n) is 5.54. The van der Waals surface area contributed by atoms with Crippen LogP contribution in [0.3, 0.4) is 0 Å². The van der Waals surface area contributed by atoms with Gasteiger partial charge >= 0.3 is 0 Å². The van der Waals surface area contributed by atoms with Gasteiger partial charge in [0.05, 0.1) is 0 Å². The van der Waals surface area contributed by atoms with E-state index in [0.717, 1.165) is 27.9 Å². The van der Waals surface area contributed by atoms with Gasteiger partial charge in [0.1, 0.15) is 0 Å². The number of anilines is 1. The second kappa shape index (κ2) is 5.95. The highest BCUT2D eigenvalue weighted by atomic mass is 35.5. The zero-order chi connectivity index (χ0) is 16.5. The summed E-state index contributed by atoms with van der Waals surface area (Å²) in [6.07, 6.45) is 5.37. The lowest BCUT2D eigenvalue weighted by molar-refractivity contribution is -0.110. The van der Waals surface area contributed by atoms with Crippen molar-refractivity contribution in [2.75, 3.05) is 5.32 Å². The molecule has 116 valence electrons. The number of carbonyl (C=O) groups excluding carboxylic acids is 1. The summed E-state index contributed by atoms with van der Waals surface area (Å²) in [7, 11) is 0. The average Bonchev–Trinajstić information content (AvgIpc) is 2.92. The van der Waals surface area contributed by atoms with Crippen molar-refractivity contribution >= 4 is 34.8 Å². The van der Waals surface area contributed by atoms with Gasteiger partial charge in [-0.2, -0.15) is 0 Å². The molecular weight excluding hydrogens is 320 g/mol. The normalized spacial score (nSPS) is 14.5. The van der Waals surface area contributed by atoms with Gasteiger partial charge in [-0.1, -0.05) is 48.0 Å². The second-order valence-corrected chi connectivity index (χ2v) is 5.94. The fourth-order valence-corrected chi connectivity index (χ4v) is 2.99. The summed E-state index contributed by atoms with van der Waals surface area (Å²) in [5.41, 5.74) is 5.16. The molecule has 4 heteroatoms. The molecule has 0 radical (unpaired) electrons. The number of aromatic nitrogens is 1. The van der Waals surface area contributed by atoms with Crippen molar-refractivity contribution in [1.82, 2.24) is 4.98 Å². The van der Waals surface area contributed by atoms with E-state index in [-0.39, 0.29) is 5.91 Å². The summed E-state index contributed by atoms with van der Waals surface area (Å²) in [5, 5.41) is 3.55. The third-order valence-electron chi connectivity index (χ3n) is 4.00. The molecule has 0 saturated heterocycles. The SMILES string of the molecule is O=C1Nc2cc(-c3cccnc3)ccc2/C1=C\c1ccccc1Cl. The molecule has 0 atom stereocenters. The van der Waals surface area contributed by atoms with Gasteiger partial charge in [-0.25, -0.2) is 0 Å². The molecule has 24 heavy (non-hydrogen) atoms. The molecule has 1 N–H and O–H groups in total. The van der Waals surface area contributed by atoms with Crippen molar-refractivity contribution in [3.05, 3.63) is 83.1 Å². The van der Waals surface area contributed by atoms with Crippen molar-refractivity contribution in [3.8, 4) is 11.1 Å². The van der Waals surface area contributed by atoms with Gasteiger partial charge in [0.25, 0.3) is 5.91 Å². The molecular formula is C20H13ClN2O. The predicted octanol–water partition coefficient (Wildman–Crippen LogP) is 4.89. The number of benzene rings is 2. The topological polar surface area (TPSA) is 42.0 Å². The van der Waals surface area contributed by atoms with Crippen LogP contribution in [0.15, 0.2) is 67.0 Å². The number of pyridine rings is 1. The minimum atomic E-state index is -0.117. The maximum absolute atomic E-state index is 12.4. The Bertz CT molecular complexity index is 964. The van der Waals surface area contributed by atoms with Gasteiger partial charge in [0.15, 0.2) is 0 Å². The van der Waals surface area contributed by atoms with Crippen molar-refractivity contribution in [1.29, 1.82) is 0 Å². The van der Waals surface area contributed by atoms with Crippen LogP contribution in [0.2, 0.25) is 5.02 Å². The van der Waals surface area contributed by atoms with Crippen LogP contribution in [0.25, 0.3) is 22.8 Å². The smallest absolute Gasteiger partial charge is 0.256 e. The maximum Gasteiger partial charge on any atom is 0.256 e. The Morgan fingerprint density at radius 2 is 1.88 bits per heavy atom. The van der Waals surface area contributed by atoms with Crippen molar-refractivity contribution in [2.24, 2.45) is 0 Å². The van der Waals surface area contributed by atoms with Crippen LogP contribution in [0.5, 0.6) is 0 Å². The van der Waals surface area contributed by atoms with Gasteiger partial charge in [0, 0.05) is 39.8 Å². The molecule has 4 rings (SSSR count). The van der Waals surface area contributed by atoms with E-state index in [1.54, 1.807) is 12.4 Å². The number of nitrogens with zero attached hydrogens (tertiary/aromatic N) is 1. The van der Waals surface area contributed by atoms with Crippen molar-refractivity contribution < 1.29 is 4.79 Å². The molecule has 0 saturated carbocycles. The van der Waals surface area contributed by atoms with Crippen LogP contribution in [-0.2, 0) is 4.79 Å². The summed E-state index contributed by atoms with van der Waals surface area (Å²) >= 11 is 6.20. The monoisotopic (exact) mass is 332 g/mol. The third kappa shape index (κ3) is 2.59. The number of fused-ring (bicyclic) bond motifs is 1. The lowest BCUT2D eigenvalue weighted by atomic mass is 10.00. The molecule has 0 fully saturated rings. The Morgan fingerprint density at radius 3 is 2.67 bits per heavy atom. The van der Waals surface area contributed by atoms with E-state index in [0.29, 0.717) is 10.6 Å². The van der Waals surface area contributed by atoms with E-state index in [2.05, 4.69) is 10.3 Å². The van der Waals surface area contributed by atoms with E-state index in [1.807, 2.05) is 60.7 Å². The van der Waals surface area contributed by atoms with Gasteiger partial charge in [-0.3, -0.25) is 9.78 Å². The molecule has 0 bridgehead atoms. The molecule has 1 aromatic heterocycles. The van der Waals surface area contributed by atoms with E-state index in [9.17, 15) is 4.79 Å². The minimum absolute atomic E-state index is 0.117. The van der Waals surface area contributed by atoms with Gasteiger partial charge in [-0.05, 0) is 35.4 Å². The molecule has 3 aromatic rings. The highest BCUT2D eigenvalue weighted by molar-refractivity contribution is 6.37. The third-order valence-corrected chi connectivity index (χ3v) is 4.35. The van der Waals surface area contributed by atoms with E-state index in [4.69, 9.17) is 11.6 Å². The molecule has 3 nitrogen and oxygen atoms in total. The summed E-state index contributed by atoms with van der Waals surface area (Å²) < 4.78 is 0. The van der Waals surface area contributed by atoms with Crippen molar-refractivity contribution in [2.45, 2.75) is 0 Å². The zero-order valence-corrected chi connectivity index (χ0v) is 13.4. The maximum atomic E-state index is 12.4. The number of carbonyl (C=O) groups is 1. The number of amides is 1. The Labute approximate surface area is 144 Å². The lowest BCUT2D eigenvalue weighted by Gasteiger charge is -2.04. The van der Waals surface area contributed by atoms with Crippen LogP contribution in [0.1, 0.15) is 11.1 Å². The van der Waals surface area contributed by atoms with E-state index < -0.39 is 0 Å². The van der Waals surface area contributed by atoms with Crippen LogP contribution in [-0.4, -0.2) is 10.9 Å². The molecule has 0 spiro atoms. The number of rotatable bonds is 2. The number of nitrogens with one attached hydrogen (secondary N) is 1. The first-order valence-electron chi connectivity index (χ1n) is 7.55. The Morgan fingerprint density at radius 1 is 1.00 bits per heavy atom. The predicted molar refractivity (Wildman–Crippen MR) is 97.6 cm³/mol. The first kappa shape index (κ1) is 14.7. The van der Waals surface area contributed by atoms with Crippen LogP contribution in [0.4, 0.5) is 5.69 Å². The zero-order valence-electron chi connectivity index (χ0n) is 12.7. The Hall–Kier alpha value is -2.91. The fraction of sp³-hybridized carbons (Fsp3) is 0. The quantitative estimate of drug-likeness (QED) is 0.678. The Balaban J connectivity index is 1.78. The van der Waals surface area contributed by atoms with E-state index >= 15 is 0 Å². The molecule has 1 aliphatic heterocycles. The molecule has 0 unspecified atom stereocenters. The summed E-state index contributed by atoms with van der Waals surface area (Å²) in [4.78, 5) is 16.5. The van der Waals surface area contributed by atoms with Crippen molar-refractivity contribution in [3.63, 3.8) is 0 Å². The molecule has 1 aliphatic rings.